The Labute approximate surface area is 91.7 Å². The Bertz CT molecular complexity index is 502. The van der Waals surface area contributed by atoms with Gasteiger partial charge in [-0.3, -0.25) is 4.79 Å². The van der Waals surface area contributed by atoms with Gasteiger partial charge in [-0.15, -0.1) is 0 Å². The number of nitrogens with zero attached hydrogens (tertiary/aromatic N) is 2. The third-order valence-electron chi connectivity index (χ3n) is 2.07. The number of phenolic OH excluding ortho intramolecular Hbond substituents is 1. The van der Waals surface area contributed by atoms with E-state index in [1.165, 1.54) is 6.92 Å². The van der Waals surface area contributed by atoms with Crippen LogP contribution in [0.25, 0.3) is 0 Å². The van der Waals surface area contributed by atoms with Gasteiger partial charge in [0.2, 0.25) is 5.78 Å². The fraction of sp³-hybridized carbons (Fsp3) is 0.182. The molecule has 0 aliphatic rings. The molecule has 16 heavy (non-hydrogen) atoms. The first-order chi connectivity index (χ1) is 7.65. The van der Waals surface area contributed by atoms with Crippen LogP contribution in [-0.2, 0) is 6.42 Å². The van der Waals surface area contributed by atoms with E-state index in [4.69, 9.17) is 9.63 Å². The van der Waals surface area contributed by atoms with Gasteiger partial charge in [0.05, 0.1) is 0 Å². The van der Waals surface area contributed by atoms with E-state index in [-0.39, 0.29) is 17.4 Å². The van der Waals surface area contributed by atoms with Crippen molar-refractivity contribution in [2.24, 2.45) is 0 Å². The average Bonchev–Trinajstić information content (AvgIpc) is 2.70. The summed E-state index contributed by atoms with van der Waals surface area (Å²) in [6.07, 6.45) is 0.469. The van der Waals surface area contributed by atoms with E-state index in [9.17, 15) is 4.79 Å². The van der Waals surface area contributed by atoms with Crippen LogP contribution in [0.3, 0.4) is 0 Å². The second kappa shape index (κ2) is 4.14. The number of hydrogen-bond donors (Lipinski definition) is 1. The minimum atomic E-state index is -0.246. The Kier molecular flexibility index (Phi) is 2.68. The quantitative estimate of drug-likeness (QED) is 0.791. The number of aromatic nitrogens is 2. The Hall–Kier alpha value is -2.17. The van der Waals surface area contributed by atoms with Gasteiger partial charge < -0.3 is 9.63 Å². The molecule has 0 bridgehead atoms. The molecule has 0 atom stereocenters. The van der Waals surface area contributed by atoms with Gasteiger partial charge in [0.1, 0.15) is 5.75 Å². The van der Waals surface area contributed by atoms with Crippen molar-refractivity contribution in [3.63, 3.8) is 0 Å². The van der Waals surface area contributed by atoms with E-state index < -0.39 is 0 Å². The van der Waals surface area contributed by atoms with Gasteiger partial charge in [-0.2, -0.15) is 4.98 Å². The molecule has 2 aromatic rings. The highest BCUT2D eigenvalue weighted by Gasteiger charge is 2.10. The summed E-state index contributed by atoms with van der Waals surface area (Å²) in [5.74, 6) is 0.440. The summed E-state index contributed by atoms with van der Waals surface area (Å²) in [6, 6.07) is 6.70. The summed E-state index contributed by atoms with van der Waals surface area (Å²) in [6.45, 7) is 1.37. The molecular formula is C11H10N2O3. The second-order valence-corrected chi connectivity index (χ2v) is 3.42. The van der Waals surface area contributed by atoms with Crippen LogP contribution >= 0.6 is 0 Å². The molecule has 0 amide bonds. The molecule has 1 heterocycles. The number of phenols is 1. The molecule has 1 aromatic carbocycles. The van der Waals surface area contributed by atoms with Crippen molar-refractivity contribution in [2.45, 2.75) is 13.3 Å². The Morgan fingerprint density at radius 1 is 1.38 bits per heavy atom. The molecule has 5 heteroatoms. The molecule has 0 fully saturated rings. The largest absolute Gasteiger partial charge is 0.508 e. The van der Waals surface area contributed by atoms with Crippen LogP contribution in [0.15, 0.2) is 28.8 Å². The molecule has 0 aliphatic heterocycles. The molecule has 0 aliphatic carbocycles. The highest BCUT2D eigenvalue weighted by molar-refractivity contribution is 5.89. The zero-order chi connectivity index (χ0) is 11.5. The van der Waals surface area contributed by atoms with Crippen LogP contribution in [0.5, 0.6) is 5.75 Å². The molecule has 0 saturated heterocycles. The SMILES string of the molecule is CC(=O)c1nc(Cc2ccc(O)cc2)no1. The summed E-state index contributed by atoms with van der Waals surface area (Å²) >= 11 is 0. The van der Waals surface area contributed by atoms with Crippen LogP contribution < -0.4 is 0 Å². The minimum Gasteiger partial charge on any atom is -0.508 e. The van der Waals surface area contributed by atoms with E-state index >= 15 is 0 Å². The molecule has 0 radical (unpaired) electrons. The van der Waals surface area contributed by atoms with Crippen LogP contribution in [0.4, 0.5) is 0 Å². The van der Waals surface area contributed by atoms with E-state index in [0.29, 0.717) is 12.2 Å². The number of Topliss-reactive ketones (excluding diaryl/α,β-unsaturated/α-hetero) is 1. The maximum absolute atomic E-state index is 10.9. The topological polar surface area (TPSA) is 76.2 Å². The Morgan fingerprint density at radius 2 is 2.06 bits per heavy atom. The summed E-state index contributed by atoms with van der Waals surface area (Å²) in [4.78, 5) is 14.9. The molecule has 0 unspecified atom stereocenters. The molecule has 0 spiro atoms. The lowest BCUT2D eigenvalue weighted by Crippen LogP contribution is -1.94. The molecule has 1 aromatic heterocycles. The number of rotatable bonds is 3. The third kappa shape index (κ3) is 2.25. The Morgan fingerprint density at radius 3 is 2.62 bits per heavy atom. The molecule has 1 N–H and O–H groups in total. The van der Waals surface area contributed by atoms with Gasteiger partial charge in [0.15, 0.2) is 5.82 Å². The summed E-state index contributed by atoms with van der Waals surface area (Å²) in [7, 11) is 0. The zero-order valence-electron chi connectivity index (χ0n) is 8.67. The lowest BCUT2D eigenvalue weighted by molar-refractivity contribution is 0.0972. The number of hydrogen-bond acceptors (Lipinski definition) is 5. The number of ketones is 1. The Balaban J connectivity index is 2.14. The van der Waals surface area contributed by atoms with Crippen LogP contribution in [0.2, 0.25) is 0 Å². The van der Waals surface area contributed by atoms with Crippen LogP contribution in [-0.4, -0.2) is 21.0 Å². The van der Waals surface area contributed by atoms with Crippen molar-refractivity contribution >= 4 is 5.78 Å². The van der Waals surface area contributed by atoms with Gasteiger partial charge in [-0.05, 0) is 17.7 Å². The first-order valence-corrected chi connectivity index (χ1v) is 4.76. The lowest BCUT2D eigenvalue weighted by Gasteiger charge is -1.96. The van der Waals surface area contributed by atoms with Crippen LogP contribution in [0, 0.1) is 0 Å². The van der Waals surface area contributed by atoms with E-state index in [0.717, 1.165) is 5.56 Å². The predicted octanol–water partition coefficient (Wildman–Crippen LogP) is 1.57. The van der Waals surface area contributed by atoms with Crippen LogP contribution in [0.1, 0.15) is 29.0 Å². The molecule has 0 saturated carbocycles. The van der Waals surface area contributed by atoms with Gasteiger partial charge >= 0.3 is 0 Å². The van der Waals surface area contributed by atoms with Gasteiger partial charge in [-0.25, -0.2) is 0 Å². The van der Waals surface area contributed by atoms with Crippen molar-refractivity contribution in [2.75, 3.05) is 0 Å². The third-order valence-corrected chi connectivity index (χ3v) is 2.07. The zero-order valence-corrected chi connectivity index (χ0v) is 8.67. The van der Waals surface area contributed by atoms with E-state index in [1.807, 2.05) is 0 Å². The maximum atomic E-state index is 10.9. The second-order valence-electron chi connectivity index (χ2n) is 3.42. The van der Waals surface area contributed by atoms with Gasteiger partial charge in [0.25, 0.3) is 5.89 Å². The van der Waals surface area contributed by atoms with Gasteiger partial charge in [0, 0.05) is 13.3 Å². The summed E-state index contributed by atoms with van der Waals surface area (Å²) in [5, 5.41) is 12.8. The van der Waals surface area contributed by atoms with Gasteiger partial charge in [-0.1, -0.05) is 17.3 Å². The predicted molar refractivity (Wildman–Crippen MR) is 55.2 cm³/mol. The average molecular weight is 218 g/mol. The van der Waals surface area contributed by atoms with Crippen molar-refractivity contribution in [1.29, 1.82) is 0 Å². The summed E-state index contributed by atoms with van der Waals surface area (Å²) in [5.41, 5.74) is 0.939. The van der Waals surface area contributed by atoms with Crippen molar-refractivity contribution in [3.05, 3.63) is 41.5 Å². The lowest BCUT2D eigenvalue weighted by atomic mass is 10.1. The van der Waals surface area contributed by atoms with E-state index in [2.05, 4.69) is 10.1 Å². The molecule has 2 rings (SSSR count). The smallest absolute Gasteiger partial charge is 0.293 e. The maximum Gasteiger partial charge on any atom is 0.293 e. The monoisotopic (exact) mass is 218 g/mol. The number of benzene rings is 1. The fourth-order valence-corrected chi connectivity index (χ4v) is 1.27. The van der Waals surface area contributed by atoms with Crippen molar-refractivity contribution < 1.29 is 14.4 Å². The standard InChI is InChI=1S/C11H10N2O3/c1-7(14)11-12-10(13-16-11)6-8-2-4-9(15)5-3-8/h2-5,15H,6H2,1H3. The first-order valence-electron chi connectivity index (χ1n) is 4.76. The fourth-order valence-electron chi connectivity index (χ4n) is 1.27. The minimum absolute atomic E-state index is 0.0220. The number of carbonyl (C=O) groups excluding carboxylic acids is 1. The highest BCUT2D eigenvalue weighted by Crippen LogP contribution is 2.12. The van der Waals surface area contributed by atoms with Crippen molar-refractivity contribution in [3.8, 4) is 5.75 Å². The van der Waals surface area contributed by atoms with E-state index in [1.54, 1.807) is 24.3 Å². The normalized spacial score (nSPS) is 10.3. The van der Waals surface area contributed by atoms with Crippen molar-refractivity contribution in [1.82, 2.24) is 10.1 Å². The molecular weight excluding hydrogens is 208 g/mol. The highest BCUT2D eigenvalue weighted by atomic mass is 16.5. The molecule has 5 nitrogen and oxygen atoms in total. The number of aromatic hydroxyl groups is 1. The number of carbonyl (C=O) groups is 1. The molecule has 82 valence electrons. The summed E-state index contributed by atoms with van der Waals surface area (Å²) < 4.78 is 4.76. The first kappa shape index (κ1) is 10.4.